The van der Waals surface area contributed by atoms with E-state index in [4.69, 9.17) is 32.7 Å². The van der Waals surface area contributed by atoms with Crippen molar-refractivity contribution in [1.82, 2.24) is 10.6 Å². The molecule has 0 aliphatic carbocycles. The Morgan fingerprint density at radius 1 is 0.833 bits per heavy atom. The topological polar surface area (TPSA) is 111 Å². The SMILES string of the molecule is CC(CCC(=O)NC(CCC(=O)COC(=O)c1cc(Cl)ccc1Cl)c1ccccc1)CNC(=O)OCc1ccccc1. The third-order valence-electron chi connectivity index (χ3n) is 6.43. The van der Waals surface area contributed by atoms with Crippen LogP contribution in [0.2, 0.25) is 10.0 Å². The summed E-state index contributed by atoms with van der Waals surface area (Å²) in [5.41, 5.74) is 1.84. The van der Waals surface area contributed by atoms with E-state index in [-0.39, 0.29) is 47.6 Å². The normalized spacial score (nSPS) is 12.1. The summed E-state index contributed by atoms with van der Waals surface area (Å²) in [5.74, 6) is -1.16. The van der Waals surface area contributed by atoms with Gasteiger partial charge in [0.1, 0.15) is 13.2 Å². The molecule has 10 heteroatoms. The molecule has 2 atom stereocenters. The average molecular weight is 614 g/mol. The van der Waals surface area contributed by atoms with Gasteiger partial charge in [0, 0.05) is 24.4 Å². The predicted molar refractivity (Wildman–Crippen MR) is 161 cm³/mol. The maximum atomic E-state index is 12.8. The van der Waals surface area contributed by atoms with Crippen molar-refractivity contribution in [2.24, 2.45) is 5.92 Å². The Labute approximate surface area is 255 Å². The first-order valence-electron chi connectivity index (χ1n) is 13.6. The van der Waals surface area contributed by atoms with Crippen LogP contribution in [-0.2, 0) is 25.7 Å². The van der Waals surface area contributed by atoms with Crippen molar-refractivity contribution < 1.29 is 28.7 Å². The van der Waals surface area contributed by atoms with Crippen molar-refractivity contribution in [2.75, 3.05) is 13.2 Å². The van der Waals surface area contributed by atoms with E-state index in [0.29, 0.717) is 24.4 Å². The molecule has 0 radical (unpaired) electrons. The molecule has 2 unspecified atom stereocenters. The van der Waals surface area contributed by atoms with Gasteiger partial charge >= 0.3 is 12.1 Å². The fraction of sp³-hybridized carbons (Fsp3) is 0.312. The van der Waals surface area contributed by atoms with E-state index in [2.05, 4.69) is 10.6 Å². The van der Waals surface area contributed by atoms with Crippen LogP contribution in [0.4, 0.5) is 4.79 Å². The molecule has 0 saturated heterocycles. The Bertz CT molecular complexity index is 1340. The first-order chi connectivity index (χ1) is 20.2. The zero-order chi connectivity index (χ0) is 30.3. The minimum atomic E-state index is -0.739. The average Bonchev–Trinajstić information content (AvgIpc) is 3.00. The molecule has 222 valence electrons. The van der Waals surface area contributed by atoms with Crippen LogP contribution >= 0.6 is 23.2 Å². The second kappa shape index (κ2) is 17.2. The van der Waals surface area contributed by atoms with E-state index in [1.54, 1.807) is 6.07 Å². The molecule has 42 heavy (non-hydrogen) atoms. The van der Waals surface area contributed by atoms with Gasteiger partial charge in [0.25, 0.3) is 0 Å². The number of esters is 1. The minimum absolute atomic E-state index is 0.0412. The van der Waals surface area contributed by atoms with E-state index in [0.717, 1.165) is 11.1 Å². The largest absolute Gasteiger partial charge is 0.454 e. The molecule has 0 aliphatic rings. The van der Waals surface area contributed by atoms with Crippen LogP contribution in [0.25, 0.3) is 0 Å². The summed E-state index contributed by atoms with van der Waals surface area (Å²) < 4.78 is 10.3. The molecule has 3 aromatic carbocycles. The van der Waals surface area contributed by atoms with Gasteiger partial charge in [0.05, 0.1) is 16.6 Å². The van der Waals surface area contributed by atoms with Crippen molar-refractivity contribution >= 4 is 47.0 Å². The van der Waals surface area contributed by atoms with Crippen molar-refractivity contribution in [1.29, 1.82) is 0 Å². The van der Waals surface area contributed by atoms with E-state index >= 15 is 0 Å². The molecule has 0 aliphatic heterocycles. The summed E-state index contributed by atoms with van der Waals surface area (Å²) in [6, 6.07) is 22.7. The van der Waals surface area contributed by atoms with Crippen LogP contribution in [0.3, 0.4) is 0 Å². The highest BCUT2D eigenvalue weighted by Crippen LogP contribution is 2.22. The molecule has 0 heterocycles. The van der Waals surface area contributed by atoms with E-state index < -0.39 is 24.7 Å². The summed E-state index contributed by atoms with van der Waals surface area (Å²) in [4.78, 5) is 49.7. The number of ketones is 1. The Hall–Kier alpha value is -3.88. The number of benzene rings is 3. The highest BCUT2D eigenvalue weighted by Gasteiger charge is 2.19. The second-order valence-corrected chi connectivity index (χ2v) is 10.7. The lowest BCUT2D eigenvalue weighted by Gasteiger charge is -2.20. The number of halogens is 2. The van der Waals surface area contributed by atoms with Crippen LogP contribution in [0.1, 0.15) is 60.1 Å². The van der Waals surface area contributed by atoms with Gasteiger partial charge in [-0.3, -0.25) is 9.59 Å². The van der Waals surface area contributed by atoms with Crippen LogP contribution in [0.5, 0.6) is 0 Å². The molecule has 3 aromatic rings. The van der Waals surface area contributed by atoms with Crippen molar-refractivity contribution in [3.63, 3.8) is 0 Å². The monoisotopic (exact) mass is 612 g/mol. The molecular formula is C32H34Cl2N2O6. The van der Waals surface area contributed by atoms with Gasteiger partial charge < -0.3 is 20.1 Å². The van der Waals surface area contributed by atoms with Gasteiger partial charge in [-0.25, -0.2) is 9.59 Å². The molecule has 8 nitrogen and oxygen atoms in total. The second-order valence-electron chi connectivity index (χ2n) is 9.89. The number of carbonyl (C=O) groups excluding carboxylic acids is 4. The number of hydrogen-bond donors (Lipinski definition) is 2. The van der Waals surface area contributed by atoms with Crippen molar-refractivity contribution in [3.8, 4) is 0 Å². The molecule has 3 rings (SSSR count). The lowest BCUT2D eigenvalue weighted by molar-refractivity contribution is -0.124. The van der Waals surface area contributed by atoms with E-state index in [1.807, 2.05) is 67.6 Å². The lowest BCUT2D eigenvalue weighted by Crippen LogP contribution is -2.31. The van der Waals surface area contributed by atoms with Gasteiger partial charge in [0.2, 0.25) is 5.91 Å². The number of Topliss-reactive ketones (excluding diaryl/α,β-unsaturated/α-hetero) is 1. The molecule has 2 amide bonds. The first-order valence-corrected chi connectivity index (χ1v) is 14.4. The molecule has 0 saturated carbocycles. The molecule has 0 bridgehead atoms. The van der Waals surface area contributed by atoms with E-state index in [1.165, 1.54) is 12.1 Å². The van der Waals surface area contributed by atoms with Crippen LogP contribution < -0.4 is 10.6 Å². The van der Waals surface area contributed by atoms with Crippen LogP contribution in [0.15, 0.2) is 78.9 Å². The minimum Gasteiger partial charge on any atom is -0.454 e. The van der Waals surface area contributed by atoms with Gasteiger partial charge in [-0.05, 0) is 48.1 Å². The van der Waals surface area contributed by atoms with E-state index in [9.17, 15) is 19.2 Å². The fourth-order valence-electron chi connectivity index (χ4n) is 4.04. The number of hydrogen-bond acceptors (Lipinski definition) is 6. The summed E-state index contributed by atoms with van der Waals surface area (Å²) in [5, 5.41) is 6.24. The first kappa shape index (κ1) is 32.6. The molecule has 0 aromatic heterocycles. The smallest absolute Gasteiger partial charge is 0.407 e. The Kier molecular flexibility index (Phi) is 13.3. The third kappa shape index (κ3) is 11.5. The number of nitrogens with one attached hydrogen (secondary N) is 2. The number of amides is 2. The number of alkyl carbamates (subject to hydrolysis) is 1. The number of rotatable bonds is 15. The fourth-order valence-corrected chi connectivity index (χ4v) is 4.41. The Morgan fingerprint density at radius 2 is 1.52 bits per heavy atom. The molecule has 0 spiro atoms. The molecule has 0 fully saturated rings. The predicted octanol–water partition coefficient (Wildman–Crippen LogP) is 6.70. The summed E-state index contributed by atoms with van der Waals surface area (Å²) >= 11 is 11.9. The Balaban J connectivity index is 1.42. The third-order valence-corrected chi connectivity index (χ3v) is 7.00. The van der Waals surface area contributed by atoms with Crippen LogP contribution in [-0.4, -0.2) is 36.9 Å². The molecule has 2 N–H and O–H groups in total. The van der Waals surface area contributed by atoms with Gasteiger partial charge in [0.15, 0.2) is 5.78 Å². The molecular weight excluding hydrogens is 579 g/mol. The number of carbonyl (C=O) groups is 4. The van der Waals surface area contributed by atoms with Gasteiger partial charge in [-0.1, -0.05) is 90.8 Å². The highest BCUT2D eigenvalue weighted by molar-refractivity contribution is 6.35. The van der Waals surface area contributed by atoms with Crippen LogP contribution in [0, 0.1) is 5.92 Å². The quantitative estimate of drug-likeness (QED) is 0.185. The van der Waals surface area contributed by atoms with Crippen molar-refractivity contribution in [2.45, 2.75) is 45.3 Å². The maximum Gasteiger partial charge on any atom is 0.407 e. The lowest BCUT2D eigenvalue weighted by atomic mass is 9.99. The Morgan fingerprint density at radius 3 is 2.24 bits per heavy atom. The van der Waals surface area contributed by atoms with Gasteiger partial charge in [-0.2, -0.15) is 0 Å². The van der Waals surface area contributed by atoms with Gasteiger partial charge in [-0.15, -0.1) is 0 Å². The highest BCUT2D eigenvalue weighted by atomic mass is 35.5. The maximum absolute atomic E-state index is 12.8. The zero-order valence-corrected chi connectivity index (χ0v) is 24.8. The summed E-state index contributed by atoms with van der Waals surface area (Å²) in [6.07, 6.45) is 0.700. The zero-order valence-electron chi connectivity index (χ0n) is 23.3. The summed E-state index contributed by atoms with van der Waals surface area (Å²) in [6.45, 7) is 2.08. The standard InChI is InChI=1S/C32H34Cl2N2O6/c1-22(19-35-32(40)42-20-23-8-4-2-5-9-23)12-17-30(38)36-29(24-10-6-3-7-11-24)16-14-26(37)21-41-31(39)27-18-25(33)13-15-28(27)34/h2-11,13,15,18,22,29H,12,14,16-17,19-21H2,1H3,(H,35,40)(H,36,38). The van der Waals surface area contributed by atoms with Crippen molar-refractivity contribution in [3.05, 3.63) is 106 Å². The number of ether oxygens (including phenoxy) is 2. The summed E-state index contributed by atoms with van der Waals surface area (Å²) in [7, 11) is 0.